The fourth-order valence-corrected chi connectivity index (χ4v) is 3.58. The molecule has 0 radical (unpaired) electrons. The van der Waals surface area contributed by atoms with E-state index in [-0.39, 0.29) is 0 Å². The molecule has 3 heteroatoms. The maximum absolute atomic E-state index is 10.3. The molecule has 0 aromatic rings. The maximum Gasteiger partial charge on any atom is 0.303 e. The van der Waals surface area contributed by atoms with Crippen molar-refractivity contribution in [3.05, 3.63) is 24.3 Å². The molecule has 0 fully saturated rings. The van der Waals surface area contributed by atoms with E-state index in [0.29, 0.717) is 6.42 Å². The molecule has 1 N–H and O–H groups in total. The second kappa shape index (κ2) is 32.8. The van der Waals surface area contributed by atoms with E-state index >= 15 is 0 Å². The number of carboxylic acid groups (broad SMARTS) is 1. The Labute approximate surface area is 206 Å². The minimum Gasteiger partial charge on any atom is -0.481 e. The van der Waals surface area contributed by atoms with Crippen LogP contribution in [-0.2, 0) is 9.59 Å². The van der Waals surface area contributed by atoms with Gasteiger partial charge in [-0.2, -0.15) is 0 Å². The van der Waals surface area contributed by atoms with E-state index in [9.17, 15) is 9.59 Å². The normalized spacial score (nSPS) is 11.1. The van der Waals surface area contributed by atoms with Gasteiger partial charge in [0.2, 0.25) is 0 Å². The zero-order chi connectivity index (χ0) is 24.7. The van der Waals surface area contributed by atoms with Crippen molar-refractivity contribution in [2.24, 2.45) is 0 Å². The van der Waals surface area contributed by atoms with Crippen molar-refractivity contribution >= 4 is 12.3 Å². The van der Waals surface area contributed by atoms with Crippen LogP contribution in [0.4, 0.5) is 0 Å². The molecular formula is C30H56O3. The van der Waals surface area contributed by atoms with Gasteiger partial charge in [0.25, 0.3) is 0 Å². The van der Waals surface area contributed by atoms with Gasteiger partial charge < -0.3 is 9.90 Å². The van der Waals surface area contributed by atoms with Crippen LogP contribution in [0.5, 0.6) is 0 Å². The zero-order valence-electron chi connectivity index (χ0n) is 22.2. The van der Waals surface area contributed by atoms with E-state index < -0.39 is 5.97 Å². The molecule has 0 unspecified atom stereocenters. The van der Waals surface area contributed by atoms with Crippen LogP contribution in [0.15, 0.2) is 24.3 Å². The minimum absolute atomic E-state index is 0.339. The molecule has 0 aliphatic rings. The van der Waals surface area contributed by atoms with Crippen LogP contribution in [0, 0.1) is 0 Å². The second-order valence-corrected chi connectivity index (χ2v) is 9.15. The monoisotopic (exact) mass is 464 g/mol. The van der Waals surface area contributed by atoms with Gasteiger partial charge in [-0.05, 0) is 51.4 Å². The molecule has 0 heterocycles. The van der Waals surface area contributed by atoms with Gasteiger partial charge in [0, 0.05) is 12.8 Å². The molecule has 0 aromatic heterocycles. The van der Waals surface area contributed by atoms with E-state index in [0.717, 1.165) is 32.0 Å². The average Bonchev–Trinajstić information content (AvgIpc) is 2.81. The van der Waals surface area contributed by atoms with Crippen molar-refractivity contribution in [1.82, 2.24) is 0 Å². The summed E-state index contributed by atoms with van der Waals surface area (Å²) in [7, 11) is 0. The van der Waals surface area contributed by atoms with Crippen LogP contribution in [0.1, 0.15) is 155 Å². The molecular weight excluding hydrogens is 408 g/mol. The van der Waals surface area contributed by atoms with Gasteiger partial charge in [0.15, 0.2) is 0 Å². The van der Waals surface area contributed by atoms with Crippen LogP contribution in [0.2, 0.25) is 0 Å². The Morgan fingerprint density at radius 3 is 1.33 bits per heavy atom. The molecule has 0 amide bonds. The van der Waals surface area contributed by atoms with E-state index in [2.05, 4.69) is 38.2 Å². The summed E-state index contributed by atoms with van der Waals surface area (Å²) < 4.78 is 0. The number of rotatable bonds is 24. The van der Waals surface area contributed by atoms with Gasteiger partial charge in [-0.15, -0.1) is 0 Å². The number of unbranched alkanes of at least 4 members (excludes halogenated alkanes) is 17. The molecule has 0 saturated heterocycles. The third-order valence-electron chi connectivity index (χ3n) is 5.72. The summed E-state index contributed by atoms with van der Waals surface area (Å²) in [5, 5.41) is 8.51. The predicted octanol–water partition coefficient (Wildman–Crippen LogP) is 9.99. The number of hydrogen-bond donors (Lipinski definition) is 1. The summed E-state index contributed by atoms with van der Waals surface area (Å²) in [6.45, 7) is 4.43. The molecule has 0 spiro atoms. The lowest BCUT2D eigenvalue weighted by molar-refractivity contribution is -0.137. The molecule has 0 aromatic carbocycles. The Balaban J connectivity index is 0. The lowest BCUT2D eigenvalue weighted by Crippen LogP contribution is -1.93. The van der Waals surface area contributed by atoms with Gasteiger partial charge in [-0.1, -0.05) is 115 Å². The van der Waals surface area contributed by atoms with E-state index in [4.69, 9.17) is 5.11 Å². The lowest BCUT2D eigenvalue weighted by atomic mass is 10.1. The molecule has 0 atom stereocenters. The molecule has 0 aliphatic heterocycles. The second-order valence-electron chi connectivity index (χ2n) is 9.15. The topological polar surface area (TPSA) is 54.4 Å². The highest BCUT2D eigenvalue weighted by atomic mass is 16.4. The molecule has 33 heavy (non-hydrogen) atoms. The highest BCUT2D eigenvalue weighted by Crippen LogP contribution is 2.11. The zero-order valence-corrected chi connectivity index (χ0v) is 22.2. The Kier molecular flexibility index (Phi) is 33.6. The molecule has 194 valence electrons. The van der Waals surface area contributed by atoms with Crippen LogP contribution in [-0.4, -0.2) is 17.4 Å². The first kappa shape index (κ1) is 33.8. The summed E-state index contributed by atoms with van der Waals surface area (Å²) >= 11 is 0. The van der Waals surface area contributed by atoms with Crippen molar-refractivity contribution < 1.29 is 14.7 Å². The largest absolute Gasteiger partial charge is 0.481 e. The Morgan fingerprint density at radius 2 is 0.909 bits per heavy atom. The van der Waals surface area contributed by atoms with Crippen molar-refractivity contribution in [1.29, 1.82) is 0 Å². The minimum atomic E-state index is -0.659. The van der Waals surface area contributed by atoms with Gasteiger partial charge in [0.1, 0.15) is 6.29 Å². The molecule has 0 saturated carbocycles. The van der Waals surface area contributed by atoms with Crippen molar-refractivity contribution in [3.8, 4) is 0 Å². The number of carboxylic acids is 1. The summed E-state index contributed by atoms with van der Waals surface area (Å²) in [6.07, 6.45) is 36.0. The van der Waals surface area contributed by atoms with Crippen molar-refractivity contribution in [3.63, 3.8) is 0 Å². The Morgan fingerprint density at radius 1 is 0.515 bits per heavy atom. The van der Waals surface area contributed by atoms with E-state index in [1.807, 2.05) is 0 Å². The standard InChI is InChI=1S/C18H34O2.C12H22O/c1-2-3-4-5-6-7-8-9-10-11-12-13-14-15-16-17-18(19)20;1-2-3-4-5-6-7-8-9-10-11-12-13/h5-6H,2-4,7-17H2,1H3,(H,19,20);4-5,12H,2-3,6-11H2,1H3/b6-5-;5-4+. The van der Waals surface area contributed by atoms with Crippen LogP contribution in [0.25, 0.3) is 0 Å². The van der Waals surface area contributed by atoms with Crippen LogP contribution < -0.4 is 0 Å². The van der Waals surface area contributed by atoms with E-state index in [1.165, 1.54) is 109 Å². The summed E-state index contributed by atoms with van der Waals surface area (Å²) in [5.74, 6) is -0.659. The highest BCUT2D eigenvalue weighted by Gasteiger charge is 1.96. The van der Waals surface area contributed by atoms with Crippen LogP contribution >= 0.6 is 0 Å². The molecule has 0 aliphatic carbocycles. The quantitative estimate of drug-likeness (QED) is 0.0878. The molecule has 3 nitrogen and oxygen atoms in total. The van der Waals surface area contributed by atoms with Crippen molar-refractivity contribution in [2.45, 2.75) is 155 Å². The number of hydrogen-bond acceptors (Lipinski definition) is 2. The predicted molar refractivity (Wildman–Crippen MR) is 145 cm³/mol. The summed E-state index contributed by atoms with van der Waals surface area (Å²) in [6, 6.07) is 0. The first-order valence-electron chi connectivity index (χ1n) is 14.1. The average molecular weight is 465 g/mol. The number of carbonyl (C=O) groups is 2. The third-order valence-corrected chi connectivity index (χ3v) is 5.72. The Hall–Kier alpha value is -1.38. The van der Waals surface area contributed by atoms with E-state index in [1.54, 1.807) is 0 Å². The lowest BCUT2D eigenvalue weighted by Gasteiger charge is -2.01. The fourth-order valence-electron chi connectivity index (χ4n) is 3.58. The highest BCUT2D eigenvalue weighted by molar-refractivity contribution is 5.66. The molecule has 0 rings (SSSR count). The number of aldehydes is 1. The Bertz CT molecular complexity index is 440. The first-order chi connectivity index (χ1) is 16.2. The number of allylic oxidation sites excluding steroid dienone is 4. The smallest absolute Gasteiger partial charge is 0.303 e. The van der Waals surface area contributed by atoms with Gasteiger partial charge in [-0.25, -0.2) is 0 Å². The summed E-state index contributed by atoms with van der Waals surface area (Å²) in [4.78, 5) is 20.3. The SMILES string of the molecule is CCC/C=C/CCCCCCC=O.CCCC/C=C\CCCCCCCCCCCC(=O)O. The first-order valence-corrected chi connectivity index (χ1v) is 14.1. The maximum atomic E-state index is 10.3. The fraction of sp³-hybridized carbons (Fsp3) is 0.800. The third kappa shape index (κ3) is 38.2. The number of carbonyl (C=O) groups excluding carboxylic acids is 1. The van der Waals surface area contributed by atoms with Crippen LogP contribution in [0.3, 0.4) is 0 Å². The van der Waals surface area contributed by atoms with Gasteiger partial charge >= 0.3 is 5.97 Å². The van der Waals surface area contributed by atoms with Gasteiger partial charge in [-0.3, -0.25) is 4.79 Å². The number of aliphatic carboxylic acids is 1. The molecule has 0 bridgehead atoms. The van der Waals surface area contributed by atoms with Gasteiger partial charge in [0.05, 0.1) is 0 Å². The van der Waals surface area contributed by atoms with Crippen molar-refractivity contribution in [2.75, 3.05) is 0 Å². The summed E-state index contributed by atoms with van der Waals surface area (Å²) in [5.41, 5.74) is 0.